The van der Waals surface area contributed by atoms with Gasteiger partial charge in [-0.05, 0) is 32.5 Å². The van der Waals surface area contributed by atoms with Crippen LogP contribution < -0.4 is 5.73 Å². The number of nitrogens with zero attached hydrogens (tertiary/aromatic N) is 4. The third-order valence-electron chi connectivity index (χ3n) is 2.32. The number of nitrogen functional groups attached to an aromatic ring is 1. The highest BCUT2D eigenvalue weighted by atomic mass is 32.2. The molecular weight excluding hydrogens is 234 g/mol. The minimum absolute atomic E-state index is 0.269. The van der Waals surface area contributed by atoms with Gasteiger partial charge in [0.1, 0.15) is 10.1 Å². The Hall–Kier alpha value is -1.56. The Balaban J connectivity index is 2.38. The van der Waals surface area contributed by atoms with Crippen LogP contribution in [0.1, 0.15) is 25.6 Å². The van der Waals surface area contributed by atoms with Crippen LogP contribution in [0.5, 0.6) is 0 Å². The summed E-state index contributed by atoms with van der Waals surface area (Å²) in [6.45, 7) is 6.06. The van der Waals surface area contributed by atoms with Gasteiger partial charge in [0, 0.05) is 18.4 Å². The molecule has 0 bridgehead atoms. The van der Waals surface area contributed by atoms with E-state index in [-0.39, 0.29) is 6.04 Å². The zero-order valence-corrected chi connectivity index (χ0v) is 10.9. The Bertz CT molecular complexity index is 506. The largest absolute Gasteiger partial charge is 0.395 e. The fourth-order valence-corrected chi connectivity index (χ4v) is 2.46. The Morgan fingerprint density at radius 1 is 1.35 bits per heavy atom. The van der Waals surface area contributed by atoms with Crippen molar-refractivity contribution in [1.29, 1.82) is 0 Å². The van der Waals surface area contributed by atoms with Crippen molar-refractivity contribution in [2.75, 3.05) is 5.73 Å². The molecule has 2 aromatic rings. The van der Waals surface area contributed by atoms with Crippen LogP contribution in [0.15, 0.2) is 28.6 Å². The number of aryl methyl sites for hydroxylation is 1. The van der Waals surface area contributed by atoms with E-state index in [1.54, 1.807) is 18.6 Å². The van der Waals surface area contributed by atoms with Crippen molar-refractivity contribution in [2.24, 2.45) is 0 Å². The van der Waals surface area contributed by atoms with E-state index in [2.05, 4.69) is 28.9 Å². The van der Waals surface area contributed by atoms with Crippen LogP contribution in [-0.2, 0) is 0 Å². The van der Waals surface area contributed by atoms with Gasteiger partial charge in [0.2, 0.25) is 0 Å². The summed E-state index contributed by atoms with van der Waals surface area (Å²) in [6.07, 6.45) is 5.04. The van der Waals surface area contributed by atoms with E-state index in [0.717, 1.165) is 15.7 Å². The summed E-state index contributed by atoms with van der Waals surface area (Å²) in [6, 6.07) is 0.269. The predicted molar refractivity (Wildman–Crippen MR) is 67.9 cm³/mol. The first-order chi connectivity index (χ1) is 8.09. The summed E-state index contributed by atoms with van der Waals surface area (Å²) in [4.78, 5) is 8.27. The molecule has 0 fully saturated rings. The number of rotatable bonds is 3. The Morgan fingerprint density at radius 3 is 2.71 bits per heavy atom. The van der Waals surface area contributed by atoms with Gasteiger partial charge in [0.25, 0.3) is 0 Å². The van der Waals surface area contributed by atoms with Gasteiger partial charge in [-0.25, -0.2) is 4.98 Å². The smallest absolute Gasteiger partial charge is 0.124 e. The quantitative estimate of drug-likeness (QED) is 0.903. The highest BCUT2D eigenvalue weighted by Gasteiger charge is 2.16. The lowest BCUT2D eigenvalue weighted by molar-refractivity contribution is 0.491. The summed E-state index contributed by atoms with van der Waals surface area (Å²) in [5.74, 6) is 0. The standard InChI is InChI=1S/C11H15N5S/c1-7(2)16-11(10(12)8(3)15-16)17-9-6-13-4-5-14-9/h4-7H,12H2,1-3H3. The molecule has 0 atom stereocenters. The topological polar surface area (TPSA) is 69.6 Å². The zero-order chi connectivity index (χ0) is 12.4. The summed E-state index contributed by atoms with van der Waals surface area (Å²) in [5.41, 5.74) is 7.61. The predicted octanol–water partition coefficient (Wildman–Crippen LogP) is 2.30. The molecule has 0 unspecified atom stereocenters. The molecule has 2 aromatic heterocycles. The molecule has 90 valence electrons. The van der Waals surface area contributed by atoms with E-state index in [1.165, 1.54) is 11.8 Å². The lowest BCUT2D eigenvalue weighted by Crippen LogP contribution is -2.04. The van der Waals surface area contributed by atoms with Gasteiger partial charge in [0.15, 0.2) is 0 Å². The maximum atomic E-state index is 6.04. The monoisotopic (exact) mass is 249 g/mol. The van der Waals surface area contributed by atoms with Crippen LogP contribution >= 0.6 is 11.8 Å². The summed E-state index contributed by atoms with van der Waals surface area (Å²) in [7, 11) is 0. The number of hydrogen-bond donors (Lipinski definition) is 1. The SMILES string of the molecule is Cc1nn(C(C)C)c(Sc2cnccn2)c1N. The third-order valence-corrected chi connectivity index (χ3v) is 3.34. The molecule has 0 radical (unpaired) electrons. The normalized spacial score (nSPS) is 11.1. The van der Waals surface area contributed by atoms with E-state index in [4.69, 9.17) is 5.73 Å². The van der Waals surface area contributed by atoms with Crippen LogP contribution in [0.2, 0.25) is 0 Å². The molecule has 2 rings (SSSR count). The molecule has 0 aliphatic carbocycles. The van der Waals surface area contributed by atoms with E-state index in [1.807, 2.05) is 11.6 Å². The molecule has 0 aliphatic heterocycles. The molecule has 0 saturated heterocycles. The van der Waals surface area contributed by atoms with Gasteiger partial charge in [-0.15, -0.1) is 0 Å². The van der Waals surface area contributed by atoms with Crippen molar-refractivity contribution in [1.82, 2.24) is 19.7 Å². The van der Waals surface area contributed by atoms with Gasteiger partial charge in [-0.3, -0.25) is 9.67 Å². The zero-order valence-electron chi connectivity index (χ0n) is 10.1. The number of anilines is 1. The fraction of sp³-hybridized carbons (Fsp3) is 0.364. The molecule has 6 heteroatoms. The summed E-state index contributed by atoms with van der Waals surface area (Å²) < 4.78 is 1.92. The lowest BCUT2D eigenvalue weighted by atomic mass is 10.4. The summed E-state index contributed by atoms with van der Waals surface area (Å²) in [5, 5.41) is 6.18. The van der Waals surface area contributed by atoms with Crippen molar-refractivity contribution in [2.45, 2.75) is 36.9 Å². The van der Waals surface area contributed by atoms with E-state index in [9.17, 15) is 0 Å². The molecule has 0 spiro atoms. The van der Waals surface area contributed by atoms with Crippen LogP contribution in [0.4, 0.5) is 5.69 Å². The highest BCUT2D eigenvalue weighted by Crippen LogP contribution is 2.33. The number of nitrogens with two attached hydrogens (primary N) is 1. The minimum atomic E-state index is 0.269. The molecule has 2 N–H and O–H groups in total. The second kappa shape index (κ2) is 4.75. The Kier molecular flexibility index (Phi) is 3.33. The number of aromatic nitrogens is 4. The molecule has 0 aromatic carbocycles. The van der Waals surface area contributed by atoms with Crippen LogP contribution in [0.3, 0.4) is 0 Å². The first-order valence-corrected chi connectivity index (χ1v) is 6.19. The second-order valence-corrected chi connectivity index (χ2v) is 5.00. The van der Waals surface area contributed by atoms with Gasteiger partial charge in [-0.1, -0.05) is 0 Å². The van der Waals surface area contributed by atoms with Gasteiger partial charge >= 0.3 is 0 Å². The van der Waals surface area contributed by atoms with Crippen molar-refractivity contribution in [3.8, 4) is 0 Å². The maximum absolute atomic E-state index is 6.04. The van der Waals surface area contributed by atoms with Crippen molar-refractivity contribution in [3.05, 3.63) is 24.3 Å². The maximum Gasteiger partial charge on any atom is 0.124 e. The molecule has 0 saturated carbocycles. The van der Waals surface area contributed by atoms with Crippen LogP contribution in [-0.4, -0.2) is 19.7 Å². The van der Waals surface area contributed by atoms with E-state index >= 15 is 0 Å². The summed E-state index contributed by atoms with van der Waals surface area (Å²) >= 11 is 1.49. The Morgan fingerprint density at radius 2 is 2.12 bits per heavy atom. The average Bonchev–Trinajstić information content (AvgIpc) is 2.59. The Labute approximate surface area is 104 Å². The van der Waals surface area contributed by atoms with Gasteiger partial charge < -0.3 is 5.73 Å². The molecule has 5 nitrogen and oxygen atoms in total. The third kappa shape index (κ3) is 2.41. The van der Waals surface area contributed by atoms with Gasteiger partial charge in [-0.2, -0.15) is 5.10 Å². The van der Waals surface area contributed by atoms with Crippen molar-refractivity contribution in [3.63, 3.8) is 0 Å². The molecule has 0 amide bonds. The minimum Gasteiger partial charge on any atom is -0.395 e. The second-order valence-electron chi connectivity index (χ2n) is 3.99. The lowest BCUT2D eigenvalue weighted by Gasteiger charge is -2.10. The molecule has 0 aliphatic rings. The van der Waals surface area contributed by atoms with E-state index in [0.29, 0.717) is 5.69 Å². The van der Waals surface area contributed by atoms with Crippen LogP contribution in [0.25, 0.3) is 0 Å². The van der Waals surface area contributed by atoms with Gasteiger partial charge in [0.05, 0.1) is 17.6 Å². The fourth-order valence-electron chi connectivity index (χ4n) is 1.43. The van der Waals surface area contributed by atoms with Crippen molar-refractivity contribution >= 4 is 17.4 Å². The first kappa shape index (κ1) is 11.9. The number of hydrogen-bond acceptors (Lipinski definition) is 5. The highest BCUT2D eigenvalue weighted by molar-refractivity contribution is 7.99. The molecule has 17 heavy (non-hydrogen) atoms. The molecular formula is C11H15N5S. The van der Waals surface area contributed by atoms with Crippen LogP contribution in [0, 0.1) is 6.92 Å². The first-order valence-electron chi connectivity index (χ1n) is 5.38. The van der Waals surface area contributed by atoms with E-state index < -0.39 is 0 Å². The molecule has 2 heterocycles. The van der Waals surface area contributed by atoms with Crippen molar-refractivity contribution < 1.29 is 0 Å². The average molecular weight is 249 g/mol.